The Kier molecular flexibility index (Phi) is 3.40. The molecule has 17 heavy (non-hydrogen) atoms. The van der Waals surface area contributed by atoms with Gasteiger partial charge >= 0.3 is 0 Å². The highest BCUT2D eigenvalue weighted by molar-refractivity contribution is 6.31. The van der Waals surface area contributed by atoms with Gasteiger partial charge in [0.1, 0.15) is 0 Å². The van der Waals surface area contributed by atoms with Gasteiger partial charge in [-0.2, -0.15) is 0 Å². The van der Waals surface area contributed by atoms with Crippen LogP contribution < -0.4 is 5.73 Å². The molecule has 0 radical (unpaired) electrons. The molecule has 0 bridgehead atoms. The monoisotopic (exact) mass is 251 g/mol. The molecule has 0 aromatic heterocycles. The van der Waals surface area contributed by atoms with Crippen LogP contribution in [0.4, 0.5) is 5.69 Å². The largest absolute Gasteiger partial charge is 0.399 e. The van der Waals surface area contributed by atoms with Gasteiger partial charge < -0.3 is 5.73 Å². The molecule has 1 unspecified atom stereocenters. The minimum absolute atomic E-state index is 0.270. The van der Waals surface area contributed by atoms with Gasteiger partial charge in [-0.05, 0) is 60.3 Å². The Hall–Kier alpha value is -0.690. The third-order valence-corrected chi connectivity index (χ3v) is 4.88. The topological polar surface area (TPSA) is 26.0 Å². The number of fused-ring (bicyclic) bond motifs is 1. The Morgan fingerprint density at radius 1 is 1.41 bits per heavy atom. The Morgan fingerprint density at radius 2 is 2.12 bits per heavy atom. The van der Waals surface area contributed by atoms with E-state index in [1.54, 1.807) is 0 Å². The smallest absolute Gasteiger partial charge is 0.0461 e. The fourth-order valence-electron chi connectivity index (χ4n) is 3.45. The summed E-state index contributed by atoms with van der Waals surface area (Å²) in [7, 11) is 0. The standard InChI is InChI=1S/C15H22ClN/c1-4-15(10(2)3)7-5-6-12-13(15)8-11(17)9-14(12)16/h8-10H,4-7,17H2,1-3H3. The minimum Gasteiger partial charge on any atom is -0.399 e. The van der Waals surface area contributed by atoms with Gasteiger partial charge in [-0.3, -0.25) is 0 Å². The van der Waals surface area contributed by atoms with Crippen LogP contribution in [-0.2, 0) is 11.8 Å². The molecular weight excluding hydrogens is 230 g/mol. The van der Waals surface area contributed by atoms with E-state index >= 15 is 0 Å². The lowest BCUT2D eigenvalue weighted by Gasteiger charge is -2.42. The molecule has 0 amide bonds. The second-order valence-electron chi connectivity index (χ2n) is 5.55. The Balaban J connectivity index is 2.64. The van der Waals surface area contributed by atoms with E-state index in [1.165, 1.54) is 24.0 Å². The molecule has 1 atom stereocenters. The SMILES string of the molecule is CCC1(C(C)C)CCCc2c(Cl)cc(N)cc21. The predicted octanol–water partition coefficient (Wildman–Crippen LogP) is 4.56. The molecule has 1 aliphatic carbocycles. The highest BCUT2D eigenvalue weighted by Crippen LogP contribution is 2.47. The van der Waals surface area contributed by atoms with Crippen LogP contribution in [0.15, 0.2) is 12.1 Å². The molecule has 0 fully saturated rings. The van der Waals surface area contributed by atoms with E-state index in [9.17, 15) is 0 Å². The summed E-state index contributed by atoms with van der Waals surface area (Å²) in [5, 5.41) is 0.859. The summed E-state index contributed by atoms with van der Waals surface area (Å²) in [5.74, 6) is 0.629. The summed E-state index contributed by atoms with van der Waals surface area (Å²) in [6, 6.07) is 4.05. The zero-order valence-electron chi connectivity index (χ0n) is 11.0. The number of benzene rings is 1. The Labute approximate surface area is 109 Å². The lowest BCUT2D eigenvalue weighted by Crippen LogP contribution is -2.35. The Morgan fingerprint density at radius 3 is 2.71 bits per heavy atom. The molecule has 0 saturated heterocycles. The van der Waals surface area contributed by atoms with Crippen LogP contribution in [0.3, 0.4) is 0 Å². The van der Waals surface area contributed by atoms with E-state index in [2.05, 4.69) is 26.8 Å². The van der Waals surface area contributed by atoms with E-state index in [-0.39, 0.29) is 5.41 Å². The first-order valence-electron chi connectivity index (χ1n) is 6.59. The van der Waals surface area contributed by atoms with Gasteiger partial charge in [0.2, 0.25) is 0 Å². The lowest BCUT2D eigenvalue weighted by atomic mass is 9.62. The van der Waals surface area contributed by atoms with E-state index in [1.807, 2.05) is 6.07 Å². The third kappa shape index (κ3) is 1.95. The van der Waals surface area contributed by atoms with Crippen molar-refractivity contribution in [2.24, 2.45) is 5.92 Å². The van der Waals surface area contributed by atoms with Gasteiger partial charge in [-0.25, -0.2) is 0 Å². The molecule has 1 nitrogen and oxygen atoms in total. The van der Waals surface area contributed by atoms with Crippen LogP contribution in [0.5, 0.6) is 0 Å². The molecule has 0 aliphatic heterocycles. The molecule has 1 aromatic carbocycles. The highest BCUT2D eigenvalue weighted by atomic mass is 35.5. The van der Waals surface area contributed by atoms with Gasteiger partial charge in [0.15, 0.2) is 0 Å². The number of rotatable bonds is 2. The summed E-state index contributed by atoms with van der Waals surface area (Å²) in [4.78, 5) is 0. The maximum absolute atomic E-state index is 6.36. The fourth-order valence-corrected chi connectivity index (χ4v) is 3.77. The summed E-state index contributed by atoms with van der Waals surface area (Å²) in [6.45, 7) is 6.91. The number of nitrogens with two attached hydrogens (primary N) is 1. The maximum Gasteiger partial charge on any atom is 0.0461 e. The van der Waals surface area contributed by atoms with Crippen molar-refractivity contribution < 1.29 is 0 Å². The average molecular weight is 252 g/mol. The summed E-state index contributed by atoms with van der Waals surface area (Å²) in [6.07, 6.45) is 4.76. The van der Waals surface area contributed by atoms with E-state index in [0.717, 1.165) is 23.6 Å². The average Bonchev–Trinajstić information content (AvgIpc) is 2.28. The summed E-state index contributed by atoms with van der Waals surface area (Å²) >= 11 is 6.36. The first-order chi connectivity index (χ1) is 8.01. The van der Waals surface area contributed by atoms with Crippen LogP contribution in [-0.4, -0.2) is 0 Å². The van der Waals surface area contributed by atoms with Crippen molar-refractivity contribution in [3.05, 3.63) is 28.3 Å². The quantitative estimate of drug-likeness (QED) is 0.766. The van der Waals surface area contributed by atoms with Gasteiger partial charge in [-0.15, -0.1) is 0 Å². The molecular formula is C15H22ClN. The van der Waals surface area contributed by atoms with Crippen molar-refractivity contribution in [1.82, 2.24) is 0 Å². The summed E-state index contributed by atoms with van der Waals surface area (Å²) in [5.41, 5.74) is 9.79. The van der Waals surface area contributed by atoms with Crippen LogP contribution in [0.2, 0.25) is 5.02 Å². The van der Waals surface area contributed by atoms with Crippen molar-refractivity contribution in [3.63, 3.8) is 0 Å². The van der Waals surface area contributed by atoms with Crippen LogP contribution >= 0.6 is 11.6 Å². The van der Waals surface area contributed by atoms with Crippen LogP contribution in [0.25, 0.3) is 0 Å². The van der Waals surface area contributed by atoms with Crippen molar-refractivity contribution in [2.75, 3.05) is 5.73 Å². The zero-order valence-corrected chi connectivity index (χ0v) is 11.8. The number of hydrogen-bond donors (Lipinski definition) is 1. The fraction of sp³-hybridized carbons (Fsp3) is 0.600. The molecule has 0 spiro atoms. The number of nitrogen functional groups attached to an aromatic ring is 1. The molecule has 2 N–H and O–H groups in total. The van der Waals surface area contributed by atoms with Crippen molar-refractivity contribution >= 4 is 17.3 Å². The second-order valence-corrected chi connectivity index (χ2v) is 5.95. The van der Waals surface area contributed by atoms with Gasteiger partial charge in [0.25, 0.3) is 0 Å². The van der Waals surface area contributed by atoms with Gasteiger partial charge in [0, 0.05) is 10.7 Å². The first kappa shape index (κ1) is 12.8. The van der Waals surface area contributed by atoms with Gasteiger partial charge in [-0.1, -0.05) is 32.4 Å². The number of halogens is 1. The number of anilines is 1. The van der Waals surface area contributed by atoms with E-state index in [4.69, 9.17) is 17.3 Å². The molecule has 1 aliphatic rings. The zero-order chi connectivity index (χ0) is 12.6. The predicted molar refractivity (Wildman–Crippen MR) is 75.6 cm³/mol. The second kappa shape index (κ2) is 4.53. The van der Waals surface area contributed by atoms with Gasteiger partial charge in [0.05, 0.1) is 0 Å². The van der Waals surface area contributed by atoms with Crippen molar-refractivity contribution in [1.29, 1.82) is 0 Å². The van der Waals surface area contributed by atoms with Crippen LogP contribution in [0.1, 0.15) is 51.2 Å². The summed E-state index contributed by atoms with van der Waals surface area (Å²) < 4.78 is 0. The molecule has 0 saturated carbocycles. The number of hydrogen-bond acceptors (Lipinski definition) is 1. The van der Waals surface area contributed by atoms with Crippen LogP contribution in [0, 0.1) is 5.92 Å². The molecule has 0 heterocycles. The van der Waals surface area contributed by atoms with E-state index < -0.39 is 0 Å². The lowest BCUT2D eigenvalue weighted by molar-refractivity contribution is 0.253. The normalized spacial score (nSPS) is 23.8. The van der Waals surface area contributed by atoms with Crippen molar-refractivity contribution in [3.8, 4) is 0 Å². The third-order valence-electron chi connectivity index (χ3n) is 4.54. The Bertz CT molecular complexity index is 425. The molecule has 2 rings (SSSR count). The van der Waals surface area contributed by atoms with E-state index in [0.29, 0.717) is 5.92 Å². The maximum atomic E-state index is 6.36. The molecule has 2 heteroatoms. The first-order valence-corrected chi connectivity index (χ1v) is 6.97. The van der Waals surface area contributed by atoms with Crippen molar-refractivity contribution in [2.45, 2.75) is 51.9 Å². The highest BCUT2D eigenvalue weighted by Gasteiger charge is 2.38. The molecule has 94 valence electrons. The minimum atomic E-state index is 0.270. The molecule has 1 aromatic rings.